The minimum Gasteiger partial charge on any atom is -1.00 e. The van der Waals surface area contributed by atoms with Crippen molar-refractivity contribution in [3.05, 3.63) is 350 Å². The number of phenols is 2. The number of ether oxygens (including phenoxy) is 1. The number of nitrogens with one attached hydrogen (secondary N) is 1. The van der Waals surface area contributed by atoms with Crippen molar-refractivity contribution in [1.82, 2.24) is 5.32 Å². The molecule has 1 aliphatic rings. The van der Waals surface area contributed by atoms with Crippen LogP contribution in [0.4, 0.5) is 26.3 Å². The van der Waals surface area contributed by atoms with E-state index in [0.29, 0.717) is 61.4 Å². The number of aromatic hydroxyl groups is 2. The summed E-state index contributed by atoms with van der Waals surface area (Å²) in [7, 11) is -19.5. The quantitative estimate of drug-likeness (QED) is 0.00811. The first kappa shape index (κ1) is 106. The number of benzene rings is 12. The van der Waals surface area contributed by atoms with Crippen LogP contribution in [0.5, 0.6) is 23.0 Å². The number of fused-ring (bicyclic) bond motifs is 2. The summed E-state index contributed by atoms with van der Waals surface area (Å²) in [5.41, 5.74) is -7.66. The van der Waals surface area contributed by atoms with Crippen LogP contribution in [-0.2, 0) is 74.0 Å². The van der Waals surface area contributed by atoms with Crippen LogP contribution in [0.1, 0.15) is 44.4 Å². The van der Waals surface area contributed by atoms with E-state index >= 15 is 0 Å². The molecule has 118 heavy (non-hydrogen) atoms. The van der Waals surface area contributed by atoms with Gasteiger partial charge in [-0.2, -0.15) is 71.2 Å². The van der Waals surface area contributed by atoms with E-state index in [2.05, 4.69) is 28.2 Å². The Morgan fingerprint density at radius 2 is 0.814 bits per heavy atom. The average Bonchev–Trinajstić information content (AvgIpc) is 0.793. The van der Waals surface area contributed by atoms with Gasteiger partial charge in [0.1, 0.15) is 23.0 Å². The van der Waals surface area contributed by atoms with Gasteiger partial charge in [-0.25, -0.2) is 13.0 Å². The maximum Gasteiger partial charge on any atom is 2.00 e. The maximum atomic E-state index is 12.7. The Labute approximate surface area is 724 Å². The first-order valence-electron chi connectivity index (χ1n) is 35.9. The third-order valence-corrected chi connectivity index (χ3v) is 24.3. The largest absolute Gasteiger partial charge is 2.00 e. The fourth-order valence-corrected chi connectivity index (χ4v) is 16.8. The SMILES string of the molecule is C1COCCN1.CCOP(=O)(Cc1ccccc1)OCC.CCOP(=O)(Cc1ccccc1)Oc1ccccc1.CCOP(C)(=O)Cc1ccccc1.O=S(=O)(Oc1ccc2ccccc2c1)C(F)(F)F.O=S(=O)(Sc1ccccc1)C(F)(F)F.Oc1ccc2ccccc2c1.Oc1ccccc1.Sc1ccccc1.[Br-].[Mg+2].[c-]1ccccc1. The van der Waals surface area contributed by atoms with Crippen molar-refractivity contribution >= 4 is 110 Å². The zero-order chi connectivity index (χ0) is 85.0. The second kappa shape index (κ2) is 58.2. The minimum atomic E-state index is -5.62. The van der Waals surface area contributed by atoms with Gasteiger partial charge in [-0.15, -0.1) is 12.6 Å². The molecule has 630 valence electrons. The number of rotatable bonds is 20. The van der Waals surface area contributed by atoms with Gasteiger partial charge in [0, 0.05) is 46.5 Å². The molecule has 1 saturated heterocycles. The molecule has 2 atom stereocenters. The molecule has 0 aromatic heterocycles. The number of hydrogen-bond donors (Lipinski definition) is 4. The molecule has 0 amide bonds. The fourth-order valence-electron chi connectivity index (χ4n) is 9.25. The molecule has 0 bridgehead atoms. The Morgan fingerprint density at radius 3 is 1.18 bits per heavy atom. The van der Waals surface area contributed by atoms with Crippen LogP contribution in [0.25, 0.3) is 21.5 Å². The summed E-state index contributed by atoms with van der Waals surface area (Å²) in [6, 6.07) is 100. The molecule has 2 unspecified atom stereocenters. The molecular weight excluding hydrogens is 1740 g/mol. The predicted octanol–water partition coefficient (Wildman–Crippen LogP) is 20.4. The molecule has 0 radical (unpaired) electrons. The van der Waals surface area contributed by atoms with E-state index in [9.17, 15) is 56.9 Å². The molecule has 13 rings (SSSR count). The van der Waals surface area contributed by atoms with Gasteiger partial charge >= 0.3 is 68.2 Å². The third-order valence-electron chi connectivity index (χ3n) is 14.3. The summed E-state index contributed by atoms with van der Waals surface area (Å²) in [5.74, 6) is 0.840. The van der Waals surface area contributed by atoms with Gasteiger partial charge in [-0.3, -0.25) is 13.7 Å². The number of para-hydroxylation sites is 2. The van der Waals surface area contributed by atoms with Crippen molar-refractivity contribution < 1.29 is 116 Å². The molecule has 1 fully saturated rings. The standard InChI is InChI=1S/C15H17O3P.C11H7F3O3S.C11H17O3P.C10H15O2P.C10H8O.C7H5F3O2S2.C6H6O.C6H6S.C6H5.C4H9NO.BrH.Mg/c1-2-17-19(16,13-14-9-5-3-6-10-14)18-15-11-7-4-8-12-15;12-11(13,14)18(15,16)17-10-6-5-8-3-1-2-4-9(8)7-10;1-3-13-15(12,14-4-2)10-11-8-6-5-7-9-11;1-3-12-13(2,11)9-10-7-5-4-6-8-10;11-10-6-5-8-3-1-2-4-9(8)7-10;8-7(9,10)14(11,12)13-6-4-2-1-3-5-6;2*7-6-4-2-1-3-5-6;1-2-4-6-5-3-1;1-3-6-4-2-5-1;;/h3-12H,2,13H2,1H3;1-7H;5-9H,3-4,10H2,1-2H3;4-8H,3,9H2,1-2H3;1-7,11H;1-5H;2*1-5,7H;1-5H;5H,1-4H2;1H;/q;;;;;;;;-1;;;+2/p-1. The Bertz CT molecular complexity index is 4900. The molecule has 1 heterocycles. The van der Waals surface area contributed by atoms with Crippen molar-refractivity contribution in [2.45, 2.75) is 67.0 Å². The first-order valence-corrected chi connectivity index (χ1v) is 46.3. The van der Waals surface area contributed by atoms with Crippen LogP contribution >= 0.6 is 46.0 Å². The normalized spacial score (nSPS) is 12.4. The van der Waals surface area contributed by atoms with E-state index in [0.717, 1.165) is 64.0 Å². The fraction of sp³-hybridized carbons (Fsp3) is 0.209. The van der Waals surface area contributed by atoms with E-state index in [4.69, 9.17) is 37.6 Å². The predicted molar refractivity (Wildman–Crippen MR) is 462 cm³/mol. The van der Waals surface area contributed by atoms with Crippen LogP contribution in [0.2, 0.25) is 0 Å². The topological polar surface area (TPSA) is 237 Å². The smallest absolute Gasteiger partial charge is 1.00 e. The van der Waals surface area contributed by atoms with E-state index < -0.39 is 52.6 Å². The van der Waals surface area contributed by atoms with Gasteiger partial charge < -0.3 is 59.5 Å². The van der Waals surface area contributed by atoms with Crippen molar-refractivity contribution in [1.29, 1.82) is 0 Å². The summed E-state index contributed by atoms with van der Waals surface area (Å²) in [5, 5.41) is 24.5. The third kappa shape index (κ3) is 46.1. The number of hydrogen-bond acceptors (Lipinski definition) is 19. The molecule has 0 aliphatic carbocycles. The average molecular weight is 1840 g/mol. The molecule has 1 aliphatic heterocycles. The molecule has 0 saturated carbocycles. The molecule has 12 aromatic rings. The number of thiol groups is 1. The zero-order valence-corrected chi connectivity index (χ0v) is 74.5. The Kier molecular flexibility index (Phi) is 52.5. The summed E-state index contributed by atoms with van der Waals surface area (Å²) in [6.45, 7) is 14.5. The molecule has 32 heteroatoms. The second-order valence-corrected chi connectivity index (χ2v) is 36.2. The van der Waals surface area contributed by atoms with Gasteiger partial charge in [0.2, 0.25) is 7.37 Å². The summed E-state index contributed by atoms with van der Waals surface area (Å²) >= 11 is 4.08. The molecule has 12 aromatic carbocycles. The van der Waals surface area contributed by atoms with Crippen molar-refractivity contribution in [3.63, 3.8) is 0 Å². The van der Waals surface area contributed by atoms with E-state index in [1.54, 1.807) is 85.5 Å². The number of alkyl halides is 6. The van der Waals surface area contributed by atoms with E-state index in [1.807, 2.05) is 234 Å². The van der Waals surface area contributed by atoms with Crippen LogP contribution in [0.15, 0.2) is 337 Å². The van der Waals surface area contributed by atoms with Gasteiger partial charge in [-0.05, 0) is 139 Å². The molecule has 3 N–H and O–H groups in total. The zero-order valence-electron chi connectivity index (χ0n) is 65.4. The summed E-state index contributed by atoms with van der Waals surface area (Å²) in [6.07, 6.45) is 1.15. The summed E-state index contributed by atoms with van der Waals surface area (Å²) < 4.78 is 187. The van der Waals surface area contributed by atoms with E-state index in [-0.39, 0.29) is 67.6 Å². The summed E-state index contributed by atoms with van der Waals surface area (Å²) in [4.78, 5) is 1.06. The van der Waals surface area contributed by atoms with E-state index in [1.165, 1.54) is 42.5 Å². The van der Waals surface area contributed by atoms with Crippen molar-refractivity contribution in [3.8, 4) is 23.0 Å². The maximum absolute atomic E-state index is 12.7. The first-order chi connectivity index (χ1) is 55.3. The van der Waals surface area contributed by atoms with Gasteiger partial charge in [-0.1, -0.05) is 224 Å². The Balaban J connectivity index is 0.000000453. The number of morpholine rings is 1. The minimum absolute atomic E-state index is 0. The molecule has 17 nitrogen and oxygen atoms in total. The van der Waals surface area contributed by atoms with Gasteiger partial charge in [0.15, 0.2) is 0 Å². The van der Waals surface area contributed by atoms with Gasteiger partial charge in [0.05, 0.1) is 52.0 Å². The van der Waals surface area contributed by atoms with Crippen molar-refractivity contribution in [2.24, 2.45) is 0 Å². The molecular formula is C86H95BrF6MgNO16P3S4. The van der Waals surface area contributed by atoms with Crippen LogP contribution in [-0.4, -0.2) is 121 Å². The second-order valence-electron chi connectivity index (χ2n) is 23.7. The number of phenolic OH excluding ortho intramolecular Hbond substituents is 2. The Hall–Kier alpha value is -7.76. The van der Waals surface area contributed by atoms with Crippen LogP contribution < -0.4 is 31.0 Å². The Morgan fingerprint density at radius 1 is 0.441 bits per heavy atom. The molecule has 0 spiro atoms. The van der Waals surface area contributed by atoms with Gasteiger partial charge in [0.25, 0.3) is 0 Å². The van der Waals surface area contributed by atoms with Crippen LogP contribution in [0, 0.1) is 6.07 Å². The number of halogens is 7. The van der Waals surface area contributed by atoms with Crippen LogP contribution in [0.3, 0.4) is 0 Å². The monoisotopic (exact) mass is 1840 g/mol. The van der Waals surface area contributed by atoms with Crippen molar-refractivity contribution in [2.75, 3.05) is 59.4 Å².